The third-order valence-electron chi connectivity index (χ3n) is 4.26. The Morgan fingerprint density at radius 3 is 2.17 bits per heavy atom. The Morgan fingerprint density at radius 1 is 1.11 bits per heavy atom. The fourth-order valence-electron chi connectivity index (χ4n) is 4.11. The average Bonchev–Trinajstić information content (AvgIpc) is 2.04. The molecule has 1 N–H and O–H groups in total. The molecule has 2 fully saturated rings. The van der Waals surface area contributed by atoms with Crippen molar-refractivity contribution < 1.29 is 4.74 Å². The molecule has 0 aromatic heterocycles. The van der Waals surface area contributed by atoms with E-state index in [1.165, 1.54) is 39.1 Å². The van der Waals surface area contributed by atoms with Gasteiger partial charge in [0.2, 0.25) is 0 Å². The first-order valence-electron chi connectivity index (χ1n) is 7.18. The van der Waals surface area contributed by atoms with Gasteiger partial charge in [-0.3, -0.25) is 0 Å². The van der Waals surface area contributed by atoms with Gasteiger partial charge in [0.05, 0.1) is 6.61 Å². The van der Waals surface area contributed by atoms with E-state index in [-0.39, 0.29) is 5.41 Å². The van der Waals surface area contributed by atoms with Crippen molar-refractivity contribution >= 4 is 0 Å². The lowest BCUT2D eigenvalue weighted by molar-refractivity contribution is -0.0634. The molecule has 3 heteroatoms. The summed E-state index contributed by atoms with van der Waals surface area (Å²) in [7, 11) is 1.80. The topological polar surface area (TPSA) is 24.5 Å². The predicted octanol–water partition coefficient (Wildman–Crippen LogP) is 1.98. The first-order valence-corrected chi connectivity index (χ1v) is 7.18. The molecule has 2 rings (SSSR count). The maximum atomic E-state index is 5.34. The van der Waals surface area contributed by atoms with Gasteiger partial charge in [-0.15, -0.1) is 0 Å². The maximum Gasteiger partial charge on any atom is 0.0513 e. The Hall–Kier alpha value is -0.120. The van der Waals surface area contributed by atoms with Gasteiger partial charge in [0.25, 0.3) is 0 Å². The molecular weight excluding hydrogens is 224 g/mol. The Morgan fingerprint density at radius 2 is 1.72 bits per heavy atom. The number of nitrogens with zero attached hydrogens (tertiary/aromatic N) is 1. The number of hydrogen-bond acceptors (Lipinski definition) is 3. The maximum absolute atomic E-state index is 5.34. The molecule has 0 aliphatic carbocycles. The lowest BCUT2D eigenvalue weighted by Gasteiger charge is -2.58. The Labute approximate surface area is 112 Å². The molecule has 0 aromatic rings. The third kappa shape index (κ3) is 3.25. The minimum absolute atomic E-state index is 0.277. The summed E-state index contributed by atoms with van der Waals surface area (Å²) in [4.78, 5) is 2.63. The van der Waals surface area contributed by atoms with Crippen LogP contribution < -0.4 is 5.32 Å². The summed E-state index contributed by atoms with van der Waals surface area (Å²) >= 11 is 0. The predicted molar refractivity (Wildman–Crippen MR) is 75.8 cm³/mol. The van der Waals surface area contributed by atoms with Crippen LogP contribution in [0.4, 0.5) is 0 Å². The number of rotatable bonds is 6. The van der Waals surface area contributed by atoms with Gasteiger partial charge in [-0.05, 0) is 17.3 Å². The van der Waals surface area contributed by atoms with Crippen molar-refractivity contribution in [2.75, 3.05) is 46.4 Å². The van der Waals surface area contributed by atoms with Crippen LogP contribution in [0.25, 0.3) is 0 Å². The molecule has 1 spiro atoms. The second-order valence-electron chi connectivity index (χ2n) is 8.19. The minimum Gasteiger partial charge on any atom is -0.384 e. The molecule has 0 bridgehead atoms. The molecule has 2 aliphatic heterocycles. The van der Waals surface area contributed by atoms with Crippen LogP contribution in [-0.4, -0.2) is 51.3 Å². The molecular formula is C15H30N2O. The summed E-state index contributed by atoms with van der Waals surface area (Å²) in [5.74, 6) is 0. The monoisotopic (exact) mass is 254 g/mol. The second-order valence-corrected chi connectivity index (χ2v) is 8.19. The summed E-state index contributed by atoms with van der Waals surface area (Å²) in [5.41, 5.74) is 1.30. The zero-order valence-electron chi connectivity index (χ0n) is 12.8. The highest BCUT2D eigenvalue weighted by Gasteiger charge is 2.48. The molecule has 2 saturated heterocycles. The summed E-state index contributed by atoms with van der Waals surface area (Å²) in [5, 5.41) is 3.40. The van der Waals surface area contributed by atoms with Crippen LogP contribution in [0.2, 0.25) is 0 Å². The van der Waals surface area contributed by atoms with E-state index in [2.05, 4.69) is 37.9 Å². The molecule has 3 nitrogen and oxygen atoms in total. The van der Waals surface area contributed by atoms with Gasteiger partial charge in [0.15, 0.2) is 0 Å². The fourth-order valence-corrected chi connectivity index (χ4v) is 4.11. The van der Waals surface area contributed by atoms with E-state index in [9.17, 15) is 0 Å². The van der Waals surface area contributed by atoms with Gasteiger partial charge in [0, 0.05) is 45.2 Å². The van der Waals surface area contributed by atoms with Gasteiger partial charge < -0.3 is 15.0 Å². The van der Waals surface area contributed by atoms with E-state index in [1.807, 2.05) is 0 Å². The third-order valence-corrected chi connectivity index (χ3v) is 4.26. The molecule has 0 aromatic carbocycles. The van der Waals surface area contributed by atoms with E-state index < -0.39 is 0 Å². The van der Waals surface area contributed by atoms with Crippen LogP contribution >= 0.6 is 0 Å². The molecule has 2 aliphatic rings. The lowest BCUT2D eigenvalue weighted by atomic mass is 9.71. The first kappa shape index (κ1) is 14.3. The molecule has 0 amide bonds. The normalized spacial score (nSPS) is 23.8. The molecule has 2 heterocycles. The van der Waals surface area contributed by atoms with Crippen molar-refractivity contribution in [3.63, 3.8) is 0 Å². The standard InChI is InChI=1S/C15H30N2O/c1-13(2,6-14(3,4)12-18-5)9-17-10-15(11-17)7-16-8-15/h16H,6-12H2,1-5H3. The largest absolute Gasteiger partial charge is 0.384 e. The summed E-state index contributed by atoms with van der Waals surface area (Å²) in [6.45, 7) is 16.6. The van der Waals surface area contributed by atoms with Crippen molar-refractivity contribution in [2.24, 2.45) is 16.2 Å². The summed E-state index contributed by atoms with van der Waals surface area (Å²) in [6.07, 6.45) is 1.22. The number of methoxy groups -OCH3 is 1. The highest BCUT2D eigenvalue weighted by molar-refractivity contribution is 5.04. The van der Waals surface area contributed by atoms with Gasteiger partial charge in [-0.2, -0.15) is 0 Å². The van der Waals surface area contributed by atoms with E-state index in [0.29, 0.717) is 10.8 Å². The summed E-state index contributed by atoms with van der Waals surface area (Å²) in [6, 6.07) is 0. The second kappa shape index (κ2) is 4.77. The quantitative estimate of drug-likeness (QED) is 0.784. The number of ether oxygens (including phenoxy) is 1. The lowest BCUT2D eigenvalue weighted by Crippen LogP contribution is -2.71. The number of likely N-dealkylation sites (tertiary alicyclic amines) is 1. The van der Waals surface area contributed by atoms with Gasteiger partial charge in [0.1, 0.15) is 0 Å². The van der Waals surface area contributed by atoms with Crippen LogP contribution in [-0.2, 0) is 4.74 Å². The zero-order valence-corrected chi connectivity index (χ0v) is 12.8. The smallest absolute Gasteiger partial charge is 0.0513 e. The number of hydrogen-bond donors (Lipinski definition) is 1. The first-order chi connectivity index (χ1) is 8.26. The molecule has 18 heavy (non-hydrogen) atoms. The van der Waals surface area contributed by atoms with Crippen LogP contribution in [0.1, 0.15) is 34.1 Å². The Kier molecular flexibility index (Phi) is 3.79. The van der Waals surface area contributed by atoms with Crippen LogP contribution in [0.5, 0.6) is 0 Å². The van der Waals surface area contributed by atoms with E-state index in [0.717, 1.165) is 6.61 Å². The van der Waals surface area contributed by atoms with Crippen molar-refractivity contribution in [3.8, 4) is 0 Å². The minimum atomic E-state index is 0.277. The molecule has 0 unspecified atom stereocenters. The highest BCUT2D eigenvalue weighted by Crippen LogP contribution is 2.39. The summed E-state index contributed by atoms with van der Waals surface area (Å²) < 4.78 is 5.34. The van der Waals surface area contributed by atoms with E-state index >= 15 is 0 Å². The van der Waals surface area contributed by atoms with E-state index in [1.54, 1.807) is 7.11 Å². The average molecular weight is 254 g/mol. The van der Waals surface area contributed by atoms with Crippen molar-refractivity contribution in [3.05, 3.63) is 0 Å². The molecule has 0 saturated carbocycles. The zero-order chi connectivity index (χ0) is 13.4. The van der Waals surface area contributed by atoms with Crippen LogP contribution in [0.15, 0.2) is 0 Å². The SMILES string of the molecule is COCC(C)(C)CC(C)(C)CN1CC2(CNC2)C1. The Balaban J connectivity index is 1.77. The van der Waals surface area contributed by atoms with E-state index in [4.69, 9.17) is 4.74 Å². The number of nitrogens with one attached hydrogen (secondary N) is 1. The van der Waals surface area contributed by atoms with Crippen LogP contribution in [0.3, 0.4) is 0 Å². The van der Waals surface area contributed by atoms with Crippen LogP contribution in [0, 0.1) is 16.2 Å². The fraction of sp³-hybridized carbons (Fsp3) is 1.00. The van der Waals surface area contributed by atoms with Gasteiger partial charge >= 0.3 is 0 Å². The van der Waals surface area contributed by atoms with Crippen molar-refractivity contribution in [2.45, 2.75) is 34.1 Å². The van der Waals surface area contributed by atoms with Gasteiger partial charge in [-0.1, -0.05) is 27.7 Å². The highest BCUT2D eigenvalue weighted by atomic mass is 16.5. The molecule has 0 atom stereocenters. The van der Waals surface area contributed by atoms with Gasteiger partial charge in [-0.25, -0.2) is 0 Å². The van der Waals surface area contributed by atoms with Crippen molar-refractivity contribution in [1.29, 1.82) is 0 Å². The van der Waals surface area contributed by atoms with Crippen molar-refractivity contribution in [1.82, 2.24) is 10.2 Å². The molecule has 106 valence electrons. The molecule has 0 radical (unpaired) electrons. The Bertz CT molecular complexity index is 287.